The molecule has 110 valence electrons. The van der Waals surface area contributed by atoms with Crippen LogP contribution >= 0.6 is 0 Å². The summed E-state index contributed by atoms with van der Waals surface area (Å²) >= 11 is 0. The third-order valence-electron chi connectivity index (χ3n) is 2.87. The van der Waals surface area contributed by atoms with Crippen LogP contribution in [0.15, 0.2) is 30.6 Å². The molecule has 0 aliphatic heterocycles. The Balaban J connectivity index is 2.12. The van der Waals surface area contributed by atoms with Crippen molar-refractivity contribution in [2.24, 2.45) is 0 Å². The van der Waals surface area contributed by atoms with Gasteiger partial charge < -0.3 is 10.1 Å². The Hall–Kier alpha value is -2.77. The molecule has 0 spiro atoms. The Bertz CT molecular complexity index is 648. The molecule has 0 fully saturated rings. The summed E-state index contributed by atoms with van der Waals surface area (Å²) < 4.78 is 18.5. The Morgan fingerprint density at radius 2 is 2.05 bits per heavy atom. The third kappa shape index (κ3) is 3.41. The molecule has 2 aromatic rings. The van der Waals surface area contributed by atoms with E-state index in [0.29, 0.717) is 5.56 Å². The lowest BCUT2D eigenvalue weighted by Gasteiger charge is -2.14. The average molecular weight is 292 g/mol. The number of hydrogen-bond acceptors (Lipinski definition) is 6. The lowest BCUT2D eigenvalue weighted by Crippen LogP contribution is -2.10. The summed E-state index contributed by atoms with van der Waals surface area (Å²) in [6.07, 6.45) is 2.22. The van der Waals surface area contributed by atoms with Crippen molar-refractivity contribution in [2.75, 3.05) is 12.4 Å². The number of aromatic nitrogens is 2. The Morgan fingerprint density at radius 1 is 1.38 bits per heavy atom. The van der Waals surface area contributed by atoms with E-state index in [-0.39, 0.29) is 23.4 Å². The lowest BCUT2D eigenvalue weighted by molar-refractivity contribution is -0.385. The van der Waals surface area contributed by atoms with Crippen LogP contribution in [-0.2, 0) is 0 Å². The van der Waals surface area contributed by atoms with Gasteiger partial charge in [0.25, 0.3) is 0 Å². The number of anilines is 1. The second-order valence-corrected chi connectivity index (χ2v) is 4.28. The molecule has 1 unspecified atom stereocenters. The molecule has 21 heavy (non-hydrogen) atoms. The lowest BCUT2D eigenvalue weighted by atomic mass is 10.1. The zero-order chi connectivity index (χ0) is 15.4. The zero-order valence-electron chi connectivity index (χ0n) is 11.4. The average Bonchev–Trinajstić information content (AvgIpc) is 2.47. The first-order valence-corrected chi connectivity index (χ1v) is 6.07. The SMILES string of the molecule is COc1ccc(C(C)Nc2ncc([N+](=O)[O-])cn2)cc1F. The van der Waals surface area contributed by atoms with Crippen molar-refractivity contribution in [3.05, 3.63) is 52.1 Å². The molecule has 0 aliphatic rings. The molecule has 7 nitrogen and oxygen atoms in total. The van der Waals surface area contributed by atoms with Gasteiger partial charge in [-0.3, -0.25) is 10.1 Å². The van der Waals surface area contributed by atoms with Crippen LogP contribution in [0.25, 0.3) is 0 Å². The van der Waals surface area contributed by atoms with Crippen LogP contribution in [0.4, 0.5) is 16.0 Å². The summed E-state index contributed by atoms with van der Waals surface area (Å²) in [5.74, 6) is -0.0740. The number of nitrogens with one attached hydrogen (secondary N) is 1. The van der Waals surface area contributed by atoms with E-state index >= 15 is 0 Å². The van der Waals surface area contributed by atoms with E-state index in [4.69, 9.17) is 4.74 Å². The van der Waals surface area contributed by atoms with Gasteiger partial charge in [-0.25, -0.2) is 14.4 Å². The monoisotopic (exact) mass is 292 g/mol. The first-order chi connectivity index (χ1) is 10.0. The summed E-state index contributed by atoms with van der Waals surface area (Å²) in [7, 11) is 1.39. The van der Waals surface area contributed by atoms with Crippen molar-refractivity contribution in [3.63, 3.8) is 0 Å². The normalized spacial score (nSPS) is 11.8. The Kier molecular flexibility index (Phi) is 4.27. The van der Waals surface area contributed by atoms with Gasteiger partial charge in [0.15, 0.2) is 11.6 Å². The minimum absolute atomic E-state index is 0.164. The highest BCUT2D eigenvalue weighted by Gasteiger charge is 2.12. The predicted octanol–water partition coefficient (Wildman–Crippen LogP) is 2.71. The smallest absolute Gasteiger partial charge is 0.305 e. The van der Waals surface area contributed by atoms with Crippen molar-refractivity contribution in [2.45, 2.75) is 13.0 Å². The second kappa shape index (κ2) is 6.12. The van der Waals surface area contributed by atoms with E-state index in [0.717, 1.165) is 12.4 Å². The summed E-state index contributed by atoms with van der Waals surface area (Å²) in [6, 6.07) is 4.32. The maximum Gasteiger partial charge on any atom is 0.305 e. The molecule has 1 heterocycles. The predicted molar refractivity (Wildman–Crippen MR) is 73.7 cm³/mol. The van der Waals surface area contributed by atoms with Crippen LogP contribution in [0.1, 0.15) is 18.5 Å². The van der Waals surface area contributed by atoms with Crippen molar-refractivity contribution >= 4 is 11.6 Å². The number of methoxy groups -OCH3 is 1. The summed E-state index contributed by atoms with van der Waals surface area (Å²) in [4.78, 5) is 17.6. The second-order valence-electron chi connectivity index (χ2n) is 4.28. The summed E-state index contributed by atoms with van der Waals surface area (Å²) in [6.45, 7) is 1.80. The van der Waals surface area contributed by atoms with Crippen molar-refractivity contribution in [1.29, 1.82) is 0 Å². The standard InChI is InChI=1S/C13H13FN4O3/c1-8(9-3-4-12(21-2)11(14)5-9)17-13-15-6-10(7-16-13)18(19)20/h3-8H,1-2H3,(H,15,16,17). The van der Waals surface area contributed by atoms with Gasteiger partial charge in [-0.15, -0.1) is 0 Å². The van der Waals surface area contributed by atoms with Crippen LogP contribution in [0.5, 0.6) is 5.75 Å². The number of ether oxygens (including phenoxy) is 1. The first-order valence-electron chi connectivity index (χ1n) is 6.07. The molecular formula is C13H13FN4O3. The third-order valence-corrected chi connectivity index (χ3v) is 2.87. The first kappa shape index (κ1) is 14.6. The minimum Gasteiger partial charge on any atom is -0.494 e. The van der Waals surface area contributed by atoms with Gasteiger partial charge in [-0.05, 0) is 24.6 Å². The zero-order valence-corrected chi connectivity index (χ0v) is 11.4. The van der Waals surface area contributed by atoms with Gasteiger partial charge in [0.1, 0.15) is 12.4 Å². The highest BCUT2D eigenvalue weighted by atomic mass is 19.1. The van der Waals surface area contributed by atoms with Crippen molar-refractivity contribution in [1.82, 2.24) is 9.97 Å². The quantitative estimate of drug-likeness (QED) is 0.673. The molecule has 0 aliphatic carbocycles. The van der Waals surface area contributed by atoms with Crippen LogP contribution in [0.2, 0.25) is 0 Å². The van der Waals surface area contributed by atoms with Gasteiger partial charge in [0, 0.05) is 0 Å². The molecule has 1 aromatic carbocycles. The Morgan fingerprint density at radius 3 is 2.57 bits per heavy atom. The molecule has 1 N–H and O–H groups in total. The largest absolute Gasteiger partial charge is 0.494 e. The minimum atomic E-state index is -0.577. The maximum absolute atomic E-state index is 13.6. The summed E-state index contributed by atoms with van der Waals surface area (Å²) in [5.41, 5.74) is 0.485. The molecule has 0 amide bonds. The molecule has 8 heteroatoms. The molecule has 0 bridgehead atoms. The van der Waals surface area contributed by atoms with Crippen LogP contribution < -0.4 is 10.1 Å². The van der Waals surface area contributed by atoms with Crippen LogP contribution in [-0.4, -0.2) is 22.0 Å². The molecule has 1 atom stereocenters. The van der Waals surface area contributed by atoms with Crippen LogP contribution in [0.3, 0.4) is 0 Å². The van der Waals surface area contributed by atoms with Crippen LogP contribution in [0, 0.1) is 15.9 Å². The van der Waals surface area contributed by atoms with E-state index in [1.54, 1.807) is 13.0 Å². The fourth-order valence-electron chi connectivity index (χ4n) is 1.72. The van der Waals surface area contributed by atoms with E-state index in [1.165, 1.54) is 19.2 Å². The van der Waals surface area contributed by atoms with E-state index < -0.39 is 10.7 Å². The van der Waals surface area contributed by atoms with E-state index in [9.17, 15) is 14.5 Å². The van der Waals surface area contributed by atoms with Gasteiger partial charge >= 0.3 is 5.69 Å². The Labute approximate surface area is 120 Å². The number of nitrogens with zero attached hydrogens (tertiary/aromatic N) is 3. The van der Waals surface area contributed by atoms with Gasteiger partial charge in [-0.2, -0.15) is 0 Å². The van der Waals surface area contributed by atoms with Crippen molar-refractivity contribution in [3.8, 4) is 5.75 Å². The fraction of sp³-hybridized carbons (Fsp3) is 0.231. The molecule has 0 saturated heterocycles. The fourth-order valence-corrected chi connectivity index (χ4v) is 1.72. The number of hydrogen-bond donors (Lipinski definition) is 1. The van der Waals surface area contributed by atoms with Gasteiger partial charge in [-0.1, -0.05) is 6.07 Å². The highest BCUT2D eigenvalue weighted by Crippen LogP contribution is 2.23. The summed E-state index contributed by atoms with van der Waals surface area (Å²) in [5, 5.41) is 13.4. The van der Waals surface area contributed by atoms with E-state index in [1.807, 2.05) is 0 Å². The molecular weight excluding hydrogens is 279 g/mol. The molecule has 2 rings (SSSR count). The molecule has 0 saturated carbocycles. The number of benzene rings is 1. The number of nitro groups is 1. The molecule has 0 radical (unpaired) electrons. The highest BCUT2D eigenvalue weighted by molar-refractivity contribution is 5.37. The van der Waals surface area contributed by atoms with Gasteiger partial charge in [0.2, 0.25) is 5.95 Å². The maximum atomic E-state index is 13.6. The topological polar surface area (TPSA) is 90.2 Å². The molecule has 1 aromatic heterocycles. The van der Waals surface area contributed by atoms with Crippen molar-refractivity contribution < 1.29 is 14.1 Å². The number of halogens is 1. The van der Waals surface area contributed by atoms with Gasteiger partial charge in [0.05, 0.1) is 18.1 Å². The number of rotatable bonds is 5. The van der Waals surface area contributed by atoms with E-state index in [2.05, 4.69) is 15.3 Å².